The highest BCUT2D eigenvalue weighted by Crippen LogP contribution is 2.45. The molecule has 0 radical (unpaired) electrons. The van der Waals surface area contributed by atoms with Crippen LogP contribution in [-0.2, 0) is 16.6 Å². The first kappa shape index (κ1) is 26.2. The highest BCUT2D eigenvalue weighted by atomic mass is 32.1. The SMILES string of the molecule is CN(C)CCOc1cc(C(N)NC(=O)C2(C)CCCc3sc(N)c(C#N)c32)cc(N2CCNCC2)c1. The number of nitrogens with zero attached hydrogens (tertiary/aromatic N) is 3. The van der Waals surface area contributed by atoms with E-state index < -0.39 is 11.6 Å². The van der Waals surface area contributed by atoms with Gasteiger partial charge in [-0.3, -0.25) is 4.79 Å². The number of carbonyl (C=O) groups is 1. The summed E-state index contributed by atoms with van der Waals surface area (Å²) in [5, 5.41) is 16.6. The van der Waals surface area contributed by atoms with E-state index in [4.69, 9.17) is 16.2 Å². The number of piperazine rings is 1. The average molecular weight is 512 g/mol. The molecule has 6 N–H and O–H groups in total. The molecule has 1 fully saturated rings. The second-order valence-corrected chi connectivity index (χ2v) is 11.2. The second kappa shape index (κ2) is 11.0. The third-order valence-electron chi connectivity index (χ3n) is 7.10. The van der Waals surface area contributed by atoms with E-state index in [1.807, 2.05) is 39.2 Å². The van der Waals surface area contributed by atoms with Crippen LogP contribution >= 0.6 is 11.3 Å². The van der Waals surface area contributed by atoms with Crippen LogP contribution in [0.15, 0.2) is 18.2 Å². The Bertz CT molecular complexity index is 1140. The smallest absolute Gasteiger partial charge is 0.231 e. The number of nitriles is 1. The lowest BCUT2D eigenvalue weighted by atomic mass is 9.72. The molecule has 194 valence electrons. The van der Waals surface area contributed by atoms with Gasteiger partial charge in [0, 0.05) is 54.9 Å². The molecule has 10 heteroatoms. The topological polar surface area (TPSA) is 133 Å². The van der Waals surface area contributed by atoms with Crippen LogP contribution in [0.5, 0.6) is 5.75 Å². The van der Waals surface area contributed by atoms with Crippen molar-refractivity contribution in [3.63, 3.8) is 0 Å². The maximum absolute atomic E-state index is 13.7. The molecule has 2 atom stereocenters. The van der Waals surface area contributed by atoms with Gasteiger partial charge in [-0.1, -0.05) is 0 Å². The molecule has 0 saturated carbocycles. The molecular weight excluding hydrogens is 474 g/mol. The van der Waals surface area contributed by atoms with Gasteiger partial charge >= 0.3 is 0 Å². The minimum Gasteiger partial charge on any atom is -0.492 e. The van der Waals surface area contributed by atoms with E-state index in [-0.39, 0.29) is 5.91 Å². The van der Waals surface area contributed by atoms with Crippen molar-refractivity contribution in [1.82, 2.24) is 15.5 Å². The van der Waals surface area contributed by atoms with Gasteiger partial charge in [-0.15, -0.1) is 11.3 Å². The van der Waals surface area contributed by atoms with Gasteiger partial charge in [-0.05, 0) is 58.0 Å². The average Bonchev–Trinajstić information content (AvgIpc) is 3.20. The molecule has 0 spiro atoms. The summed E-state index contributed by atoms with van der Waals surface area (Å²) in [6, 6.07) is 8.21. The van der Waals surface area contributed by atoms with E-state index in [9.17, 15) is 10.1 Å². The van der Waals surface area contributed by atoms with Crippen LogP contribution < -0.4 is 31.7 Å². The number of aryl methyl sites for hydroxylation is 1. The first-order valence-electron chi connectivity index (χ1n) is 12.5. The molecular formula is C26H37N7O2S. The van der Waals surface area contributed by atoms with Gasteiger partial charge in [0.15, 0.2) is 0 Å². The second-order valence-electron chi connectivity index (χ2n) is 10.0. The molecule has 1 saturated heterocycles. The molecule has 2 aliphatic rings. The van der Waals surface area contributed by atoms with E-state index in [1.165, 1.54) is 11.3 Å². The van der Waals surface area contributed by atoms with Crippen LogP contribution in [0.2, 0.25) is 0 Å². The number of nitrogens with two attached hydrogens (primary N) is 2. The fourth-order valence-electron chi connectivity index (χ4n) is 5.03. The van der Waals surface area contributed by atoms with E-state index in [1.54, 1.807) is 0 Å². The molecule has 1 aromatic carbocycles. The third-order valence-corrected chi connectivity index (χ3v) is 8.18. The number of anilines is 2. The first-order valence-corrected chi connectivity index (χ1v) is 13.3. The summed E-state index contributed by atoms with van der Waals surface area (Å²) in [4.78, 5) is 19.1. The maximum atomic E-state index is 13.7. The van der Waals surface area contributed by atoms with Gasteiger partial charge in [0.2, 0.25) is 5.91 Å². The van der Waals surface area contributed by atoms with Crippen LogP contribution in [0.4, 0.5) is 10.7 Å². The number of carbonyl (C=O) groups excluding carboxylic acids is 1. The Morgan fingerprint density at radius 1 is 1.36 bits per heavy atom. The third kappa shape index (κ3) is 5.44. The number of fused-ring (bicyclic) bond motifs is 1. The van der Waals surface area contributed by atoms with Crippen LogP contribution in [0.25, 0.3) is 0 Å². The van der Waals surface area contributed by atoms with Gasteiger partial charge in [-0.2, -0.15) is 5.26 Å². The van der Waals surface area contributed by atoms with Gasteiger partial charge in [-0.25, -0.2) is 0 Å². The Kier molecular flexibility index (Phi) is 8.05. The fourth-order valence-corrected chi connectivity index (χ4v) is 6.22. The molecule has 4 rings (SSSR count). The van der Waals surface area contributed by atoms with Crippen molar-refractivity contribution in [3.05, 3.63) is 39.8 Å². The number of nitrogens with one attached hydrogen (secondary N) is 2. The minimum absolute atomic E-state index is 0.187. The largest absolute Gasteiger partial charge is 0.492 e. The molecule has 1 aliphatic heterocycles. The van der Waals surface area contributed by atoms with Gasteiger partial charge in [0.25, 0.3) is 0 Å². The number of hydrogen-bond acceptors (Lipinski definition) is 9. The zero-order valence-corrected chi connectivity index (χ0v) is 22.2. The van der Waals surface area contributed by atoms with Crippen molar-refractivity contribution in [1.29, 1.82) is 5.26 Å². The number of amides is 1. The number of nitrogen functional groups attached to an aromatic ring is 1. The molecule has 9 nitrogen and oxygen atoms in total. The zero-order valence-electron chi connectivity index (χ0n) is 21.4. The van der Waals surface area contributed by atoms with Gasteiger partial charge in [0.1, 0.15) is 29.6 Å². The fraction of sp³-hybridized carbons (Fsp3) is 0.538. The quantitative estimate of drug-likeness (QED) is 0.395. The Morgan fingerprint density at radius 3 is 2.81 bits per heavy atom. The van der Waals surface area contributed by atoms with Crippen LogP contribution in [0, 0.1) is 11.3 Å². The summed E-state index contributed by atoms with van der Waals surface area (Å²) in [7, 11) is 4.01. The Labute approximate surface area is 217 Å². The lowest BCUT2D eigenvalue weighted by molar-refractivity contribution is -0.127. The molecule has 36 heavy (non-hydrogen) atoms. The number of likely N-dealkylation sites (N-methyl/N-ethyl adjacent to an activating group) is 1. The minimum atomic E-state index is -0.856. The zero-order chi connectivity index (χ0) is 25.9. The predicted octanol–water partition coefficient (Wildman–Crippen LogP) is 1.92. The van der Waals surface area contributed by atoms with Gasteiger partial charge < -0.3 is 36.6 Å². The van der Waals surface area contributed by atoms with Crippen molar-refractivity contribution in [2.45, 2.75) is 37.8 Å². The highest BCUT2D eigenvalue weighted by molar-refractivity contribution is 7.16. The number of thiophene rings is 1. The van der Waals surface area contributed by atoms with Crippen molar-refractivity contribution in [2.75, 3.05) is 64.1 Å². The van der Waals surface area contributed by atoms with E-state index >= 15 is 0 Å². The molecule has 1 amide bonds. The van der Waals surface area contributed by atoms with Crippen LogP contribution in [0.3, 0.4) is 0 Å². The summed E-state index contributed by atoms with van der Waals surface area (Å²) in [6.07, 6.45) is 1.61. The maximum Gasteiger partial charge on any atom is 0.231 e. The lowest BCUT2D eigenvalue weighted by Crippen LogP contribution is -2.47. The lowest BCUT2D eigenvalue weighted by Gasteiger charge is -2.34. The van der Waals surface area contributed by atoms with E-state index in [2.05, 4.69) is 26.5 Å². The Hall–Kier alpha value is -2.84. The number of rotatable bonds is 8. The van der Waals surface area contributed by atoms with E-state index in [0.717, 1.165) is 73.0 Å². The van der Waals surface area contributed by atoms with Crippen molar-refractivity contribution >= 4 is 27.9 Å². The predicted molar refractivity (Wildman–Crippen MR) is 144 cm³/mol. The molecule has 0 bridgehead atoms. The molecule has 2 unspecified atom stereocenters. The summed E-state index contributed by atoms with van der Waals surface area (Å²) in [6.45, 7) is 6.84. The first-order chi connectivity index (χ1) is 17.2. The summed E-state index contributed by atoms with van der Waals surface area (Å²) in [5.74, 6) is 0.545. The normalized spacial score (nSPS) is 20.5. The van der Waals surface area contributed by atoms with Crippen molar-refractivity contribution < 1.29 is 9.53 Å². The number of hydrogen-bond donors (Lipinski definition) is 4. The van der Waals surface area contributed by atoms with Gasteiger partial charge in [0.05, 0.1) is 11.0 Å². The summed E-state index contributed by atoms with van der Waals surface area (Å²) < 4.78 is 6.06. The summed E-state index contributed by atoms with van der Waals surface area (Å²) >= 11 is 1.42. The monoisotopic (exact) mass is 511 g/mol. The number of benzene rings is 1. The molecule has 1 aliphatic carbocycles. The highest BCUT2D eigenvalue weighted by Gasteiger charge is 2.43. The van der Waals surface area contributed by atoms with Crippen LogP contribution in [0.1, 0.15) is 47.5 Å². The Morgan fingerprint density at radius 2 is 2.11 bits per heavy atom. The van der Waals surface area contributed by atoms with Crippen LogP contribution in [-0.4, -0.2) is 64.2 Å². The van der Waals surface area contributed by atoms with Crippen molar-refractivity contribution in [2.24, 2.45) is 5.73 Å². The molecule has 1 aromatic heterocycles. The molecule has 2 aromatic rings. The van der Waals surface area contributed by atoms with E-state index in [0.29, 0.717) is 23.6 Å². The molecule has 2 heterocycles. The summed E-state index contributed by atoms with van der Waals surface area (Å²) in [5.41, 5.74) is 14.9. The Balaban J connectivity index is 1.59. The standard InChI is InChI=1S/C26H37N7O2S/c1-26(6-4-5-21-22(26)20(16-27)24(29)36-21)25(34)31-23(28)17-13-18(33-9-7-30-8-10-33)15-19(14-17)35-12-11-32(2)3/h13-15,23,30H,4-12,28-29H2,1-3H3,(H,31,34). The van der Waals surface area contributed by atoms with Crippen molar-refractivity contribution in [3.8, 4) is 11.8 Å². The number of ether oxygens (including phenoxy) is 1.